The van der Waals surface area contributed by atoms with E-state index >= 15 is 0 Å². The van der Waals surface area contributed by atoms with E-state index < -0.39 is 0 Å². The first-order chi connectivity index (χ1) is 6.66. The van der Waals surface area contributed by atoms with Gasteiger partial charge in [-0.25, -0.2) is 4.98 Å². The summed E-state index contributed by atoms with van der Waals surface area (Å²) in [6, 6.07) is 3.83. The van der Waals surface area contributed by atoms with Gasteiger partial charge in [-0.1, -0.05) is 6.58 Å². The van der Waals surface area contributed by atoms with Gasteiger partial charge in [-0.15, -0.1) is 0 Å². The minimum Gasteiger partial charge on any atom is -0.292 e. The second kappa shape index (κ2) is 3.25. The van der Waals surface area contributed by atoms with Gasteiger partial charge >= 0.3 is 0 Å². The van der Waals surface area contributed by atoms with Crippen LogP contribution in [0.3, 0.4) is 0 Å². The molecule has 1 aromatic rings. The third kappa shape index (κ3) is 1.53. The Kier molecular flexibility index (Phi) is 2.08. The van der Waals surface area contributed by atoms with Crippen molar-refractivity contribution in [2.75, 3.05) is 11.4 Å². The van der Waals surface area contributed by atoms with Crippen molar-refractivity contribution in [3.63, 3.8) is 0 Å². The fraction of sp³-hybridized carbons (Fsp3) is 0.273. The van der Waals surface area contributed by atoms with Crippen LogP contribution in [0.4, 0.5) is 5.82 Å². The summed E-state index contributed by atoms with van der Waals surface area (Å²) in [7, 11) is 0. The Hall–Kier alpha value is -1.64. The minimum atomic E-state index is 0.0908. The largest absolute Gasteiger partial charge is 0.292 e. The van der Waals surface area contributed by atoms with Gasteiger partial charge in [0.1, 0.15) is 5.82 Å². The first kappa shape index (κ1) is 8.94. The normalized spacial score (nSPS) is 16.5. The number of aromatic nitrogens is 1. The molecule has 1 amide bonds. The molecule has 1 aliphatic heterocycles. The summed E-state index contributed by atoms with van der Waals surface area (Å²) < 4.78 is 0. The van der Waals surface area contributed by atoms with Gasteiger partial charge in [-0.05, 0) is 30.2 Å². The van der Waals surface area contributed by atoms with E-state index in [0.717, 1.165) is 17.0 Å². The van der Waals surface area contributed by atoms with Gasteiger partial charge in [0.15, 0.2) is 0 Å². The monoisotopic (exact) mass is 188 g/mol. The lowest BCUT2D eigenvalue weighted by Gasteiger charge is -2.13. The van der Waals surface area contributed by atoms with E-state index in [9.17, 15) is 4.79 Å². The molecule has 0 unspecified atom stereocenters. The van der Waals surface area contributed by atoms with Crippen molar-refractivity contribution in [1.29, 1.82) is 0 Å². The summed E-state index contributed by atoms with van der Waals surface area (Å²) in [5.41, 5.74) is 2.07. The zero-order valence-corrected chi connectivity index (χ0v) is 8.16. The van der Waals surface area contributed by atoms with Gasteiger partial charge < -0.3 is 0 Å². The second-order valence-electron chi connectivity index (χ2n) is 3.60. The van der Waals surface area contributed by atoms with Gasteiger partial charge in [-0.3, -0.25) is 9.69 Å². The van der Waals surface area contributed by atoms with Crippen molar-refractivity contribution >= 4 is 11.7 Å². The Morgan fingerprint density at radius 1 is 1.57 bits per heavy atom. The molecule has 1 saturated heterocycles. The number of carbonyl (C=O) groups is 1. The quantitative estimate of drug-likeness (QED) is 0.628. The summed E-state index contributed by atoms with van der Waals surface area (Å²) in [6.07, 6.45) is 2.18. The van der Waals surface area contributed by atoms with Gasteiger partial charge in [0.2, 0.25) is 5.91 Å². The van der Waals surface area contributed by atoms with E-state index in [-0.39, 0.29) is 5.91 Å². The van der Waals surface area contributed by atoms with Crippen LogP contribution in [0, 0.1) is 6.92 Å². The Bertz CT molecular complexity index is 398. The van der Waals surface area contributed by atoms with Crippen molar-refractivity contribution in [1.82, 2.24) is 4.98 Å². The van der Waals surface area contributed by atoms with E-state index in [0.29, 0.717) is 13.0 Å². The van der Waals surface area contributed by atoms with Crippen LogP contribution >= 0.6 is 0 Å². The molecular formula is C11H12N2O. The summed E-state index contributed by atoms with van der Waals surface area (Å²) in [4.78, 5) is 17.4. The number of aryl methyl sites for hydroxylation is 1. The van der Waals surface area contributed by atoms with Crippen LogP contribution in [-0.2, 0) is 4.79 Å². The SMILES string of the molecule is C=C1CC(=O)N(c2cc(C)ccn2)C1. The molecule has 72 valence electrons. The van der Waals surface area contributed by atoms with Crippen molar-refractivity contribution < 1.29 is 4.79 Å². The molecule has 1 fully saturated rings. The first-order valence-electron chi connectivity index (χ1n) is 4.56. The third-order valence-electron chi connectivity index (χ3n) is 2.26. The maximum atomic E-state index is 11.5. The van der Waals surface area contributed by atoms with Crippen LogP contribution in [0.1, 0.15) is 12.0 Å². The molecule has 0 aliphatic carbocycles. The molecule has 0 aromatic carbocycles. The zero-order valence-electron chi connectivity index (χ0n) is 8.16. The second-order valence-corrected chi connectivity index (χ2v) is 3.60. The lowest BCUT2D eigenvalue weighted by molar-refractivity contribution is -0.116. The van der Waals surface area contributed by atoms with E-state index in [1.807, 2.05) is 19.1 Å². The van der Waals surface area contributed by atoms with Crippen LogP contribution in [0.5, 0.6) is 0 Å². The number of pyridine rings is 1. The highest BCUT2D eigenvalue weighted by atomic mass is 16.2. The molecule has 0 radical (unpaired) electrons. The molecule has 2 heterocycles. The zero-order chi connectivity index (χ0) is 10.1. The number of rotatable bonds is 1. The van der Waals surface area contributed by atoms with Gasteiger partial charge in [0.25, 0.3) is 0 Å². The van der Waals surface area contributed by atoms with E-state index in [1.54, 1.807) is 11.1 Å². The molecule has 1 aromatic heterocycles. The molecule has 14 heavy (non-hydrogen) atoms. The van der Waals surface area contributed by atoms with E-state index in [4.69, 9.17) is 0 Å². The highest BCUT2D eigenvalue weighted by Gasteiger charge is 2.25. The van der Waals surface area contributed by atoms with Gasteiger partial charge in [-0.2, -0.15) is 0 Å². The van der Waals surface area contributed by atoms with Crippen LogP contribution in [0.25, 0.3) is 0 Å². The predicted octanol–water partition coefficient (Wildman–Crippen LogP) is 1.68. The minimum absolute atomic E-state index is 0.0908. The molecule has 3 nitrogen and oxygen atoms in total. The Morgan fingerprint density at radius 2 is 2.36 bits per heavy atom. The third-order valence-corrected chi connectivity index (χ3v) is 2.26. The van der Waals surface area contributed by atoms with Crippen molar-refractivity contribution in [3.8, 4) is 0 Å². The highest BCUT2D eigenvalue weighted by molar-refractivity contribution is 5.97. The van der Waals surface area contributed by atoms with E-state index in [1.165, 1.54) is 0 Å². The molecule has 2 rings (SSSR count). The maximum Gasteiger partial charge on any atom is 0.232 e. The number of anilines is 1. The molecule has 0 spiro atoms. The van der Waals surface area contributed by atoms with Crippen LogP contribution in [0.2, 0.25) is 0 Å². The van der Waals surface area contributed by atoms with E-state index in [2.05, 4.69) is 11.6 Å². The lowest BCUT2D eigenvalue weighted by Crippen LogP contribution is -2.24. The molecule has 1 aliphatic rings. The lowest BCUT2D eigenvalue weighted by atomic mass is 10.3. The fourth-order valence-corrected chi connectivity index (χ4v) is 1.55. The van der Waals surface area contributed by atoms with Crippen LogP contribution in [0.15, 0.2) is 30.5 Å². The summed E-state index contributed by atoms with van der Waals surface area (Å²) in [5.74, 6) is 0.821. The summed E-state index contributed by atoms with van der Waals surface area (Å²) in [6.45, 7) is 6.41. The molecular weight excluding hydrogens is 176 g/mol. The van der Waals surface area contributed by atoms with Crippen molar-refractivity contribution in [3.05, 3.63) is 36.0 Å². The first-order valence-corrected chi connectivity index (χ1v) is 4.56. The average molecular weight is 188 g/mol. The standard InChI is InChI=1S/C11H12N2O/c1-8-3-4-12-10(5-8)13-7-9(2)6-11(13)14/h3-5H,2,6-7H2,1H3. The molecule has 0 saturated carbocycles. The summed E-state index contributed by atoms with van der Waals surface area (Å²) >= 11 is 0. The summed E-state index contributed by atoms with van der Waals surface area (Å²) in [5, 5.41) is 0. The predicted molar refractivity (Wildman–Crippen MR) is 55.1 cm³/mol. The van der Waals surface area contributed by atoms with Gasteiger partial charge in [0.05, 0.1) is 0 Å². The number of hydrogen-bond donors (Lipinski definition) is 0. The maximum absolute atomic E-state index is 11.5. The number of hydrogen-bond acceptors (Lipinski definition) is 2. The Morgan fingerprint density at radius 3 is 2.93 bits per heavy atom. The highest BCUT2D eigenvalue weighted by Crippen LogP contribution is 2.21. The molecule has 3 heteroatoms. The molecule has 0 N–H and O–H groups in total. The Labute approximate surface area is 83.1 Å². The Balaban J connectivity index is 2.31. The molecule has 0 atom stereocenters. The topological polar surface area (TPSA) is 33.2 Å². The van der Waals surface area contributed by atoms with Crippen LogP contribution in [-0.4, -0.2) is 17.4 Å². The molecule has 0 bridgehead atoms. The van der Waals surface area contributed by atoms with Crippen molar-refractivity contribution in [2.24, 2.45) is 0 Å². The van der Waals surface area contributed by atoms with Gasteiger partial charge in [0, 0.05) is 19.2 Å². The number of nitrogens with zero attached hydrogens (tertiary/aromatic N) is 2. The number of carbonyl (C=O) groups excluding carboxylic acids is 1. The fourth-order valence-electron chi connectivity index (χ4n) is 1.55. The van der Waals surface area contributed by atoms with Crippen molar-refractivity contribution in [2.45, 2.75) is 13.3 Å². The number of amides is 1. The van der Waals surface area contributed by atoms with Crippen LogP contribution < -0.4 is 4.90 Å². The smallest absolute Gasteiger partial charge is 0.232 e. The average Bonchev–Trinajstić information content (AvgIpc) is 2.45.